The normalized spacial score (nSPS) is 14.2. The maximum absolute atomic E-state index is 13.5. The van der Waals surface area contributed by atoms with Crippen molar-refractivity contribution in [1.29, 1.82) is 0 Å². The number of anilines is 1. The van der Waals surface area contributed by atoms with Crippen LogP contribution in [0.3, 0.4) is 0 Å². The van der Waals surface area contributed by atoms with Crippen LogP contribution in [0.4, 0.5) is 15.8 Å². The van der Waals surface area contributed by atoms with Crippen LogP contribution in [0, 0.1) is 21.8 Å². The quantitative estimate of drug-likeness (QED) is 0.468. The highest BCUT2D eigenvalue weighted by Gasteiger charge is 2.39. The van der Waals surface area contributed by atoms with Gasteiger partial charge in [-0.3, -0.25) is 24.6 Å². The summed E-state index contributed by atoms with van der Waals surface area (Å²) < 4.78 is 13.5. The Morgan fingerprint density at radius 2 is 1.79 bits per heavy atom. The Hall–Kier alpha value is -3.55. The van der Waals surface area contributed by atoms with Gasteiger partial charge in [-0.25, -0.2) is 4.39 Å². The van der Waals surface area contributed by atoms with Crippen LogP contribution in [0.1, 0.15) is 19.4 Å². The minimum atomic E-state index is -0.545. The van der Waals surface area contributed by atoms with Gasteiger partial charge in [0.25, 0.3) is 17.5 Å². The molecule has 1 aliphatic heterocycles. The van der Waals surface area contributed by atoms with Gasteiger partial charge in [0.05, 0.1) is 10.5 Å². The van der Waals surface area contributed by atoms with Crippen molar-refractivity contribution in [3.63, 3.8) is 0 Å². The number of nitrogens with one attached hydrogen (secondary N) is 1. The number of non-ortho nitro benzene ring substituents is 1. The van der Waals surface area contributed by atoms with Crippen LogP contribution in [-0.2, 0) is 9.59 Å². The summed E-state index contributed by atoms with van der Waals surface area (Å²) >= 11 is 0. The van der Waals surface area contributed by atoms with E-state index in [1.807, 2.05) is 13.8 Å². The zero-order valence-corrected chi connectivity index (χ0v) is 15.3. The first kappa shape index (κ1) is 19.2. The molecule has 8 heteroatoms. The lowest BCUT2D eigenvalue weighted by molar-refractivity contribution is -0.384. The number of amides is 2. The van der Waals surface area contributed by atoms with Crippen molar-refractivity contribution in [3.8, 4) is 0 Å². The van der Waals surface area contributed by atoms with Crippen LogP contribution in [0.2, 0.25) is 0 Å². The van der Waals surface area contributed by atoms with Crippen molar-refractivity contribution >= 4 is 28.8 Å². The summed E-state index contributed by atoms with van der Waals surface area (Å²) in [7, 11) is 0. The first-order valence-electron chi connectivity index (χ1n) is 8.66. The largest absolute Gasteiger partial charge is 0.350 e. The van der Waals surface area contributed by atoms with E-state index in [4.69, 9.17) is 0 Å². The molecule has 1 heterocycles. The van der Waals surface area contributed by atoms with E-state index in [-0.39, 0.29) is 29.4 Å². The van der Waals surface area contributed by atoms with Crippen LogP contribution in [0.15, 0.2) is 54.2 Å². The summed E-state index contributed by atoms with van der Waals surface area (Å²) in [6.45, 7) is 3.98. The summed E-state index contributed by atoms with van der Waals surface area (Å²) in [6, 6.07) is 10.9. The molecule has 144 valence electrons. The zero-order valence-electron chi connectivity index (χ0n) is 15.3. The van der Waals surface area contributed by atoms with Crippen molar-refractivity contribution in [2.24, 2.45) is 5.92 Å². The third-order valence-corrected chi connectivity index (χ3v) is 4.18. The Balaban J connectivity index is 2.06. The molecule has 28 heavy (non-hydrogen) atoms. The van der Waals surface area contributed by atoms with E-state index in [0.717, 1.165) is 4.90 Å². The average molecular weight is 383 g/mol. The molecule has 0 saturated carbocycles. The second-order valence-electron chi connectivity index (χ2n) is 6.80. The molecular weight excluding hydrogens is 365 g/mol. The fourth-order valence-electron chi connectivity index (χ4n) is 2.95. The van der Waals surface area contributed by atoms with Gasteiger partial charge in [-0.2, -0.15) is 0 Å². The Kier molecular flexibility index (Phi) is 5.21. The smallest absolute Gasteiger partial charge is 0.278 e. The van der Waals surface area contributed by atoms with Gasteiger partial charge in [0.1, 0.15) is 11.5 Å². The third kappa shape index (κ3) is 3.75. The monoisotopic (exact) mass is 383 g/mol. The molecule has 7 nitrogen and oxygen atoms in total. The highest BCUT2D eigenvalue weighted by Crippen LogP contribution is 2.32. The zero-order chi connectivity index (χ0) is 20.4. The maximum Gasteiger partial charge on any atom is 0.278 e. The standard InChI is InChI=1S/C20H18FN3O4/c1-12(2)11-23-19(25)17(13-6-8-16(9-7-13)24(27)28)18(20(23)26)22-15-5-3-4-14(21)10-15/h3-10,12,22H,11H2,1-2H3. The number of hydrogen-bond acceptors (Lipinski definition) is 5. The number of carbonyl (C=O) groups excluding carboxylic acids is 2. The maximum atomic E-state index is 13.5. The summed E-state index contributed by atoms with van der Waals surface area (Å²) in [6.07, 6.45) is 0. The number of nitro groups is 1. The highest BCUT2D eigenvalue weighted by molar-refractivity contribution is 6.36. The van der Waals surface area contributed by atoms with E-state index in [1.54, 1.807) is 6.07 Å². The molecule has 2 aromatic rings. The summed E-state index contributed by atoms with van der Waals surface area (Å²) in [5.74, 6) is -1.44. The first-order chi connectivity index (χ1) is 13.3. The fourth-order valence-corrected chi connectivity index (χ4v) is 2.95. The number of halogens is 1. The number of hydrogen-bond donors (Lipinski definition) is 1. The Labute approximate surface area is 160 Å². The SMILES string of the molecule is CC(C)CN1C(=O)C(Nc2cccc(F)c2)=C(c2ccc([N+](=O)[O-])cc2)C1=O. The van der Waals surface area contributed by atoms with Crippen LogP contribution >= 0.6 is 0 Å². The third-order valence-electron chi connectivity index (χ3n) is 4.18. The van der Waals surface area contributed by atoms with Gasteiger partial charge in [-0.1, -0.05) is 19.9 Å². The molecule has 0 fully saturated rings. The molecule has 2 amide bonds. The molecular formula is C20H18FN3O4. The van der Waals surface area contributed by atoms with E-state index in [1.165, 1.54) is 42.5 Å². The molecule has 0 radical (unpaired) electrons. The number of imide groups is 1. The number of nitrogens with zero attached hydrogens (tertiary/aromatic N) is 2. The van der Waals surface area contributed by atoms with Gasteiger partial charge in [-0.15, -0.1) is 0 Å². The van der Waals surface area contributed by atoms with E-state index < -0.39 is 22.6 Å². The Morgan fingerprint density at radius 3 is 2.36 bits per heavy atom. The molecule has 0 spiro atoms. The minimum Gasteiger partial charge on any atom is -0.350 e. The van der Waals surface area contributed by atoms with Gasteiger partial charge >= 0.3 is 0 Å². The Morgan fingerprint density at radius 1 is 1.11 bits per heavy atom. The van der Waals surface area contributed by atoms with E-state index in [9.17, 15) is 24.1 Å². The average Bonchev–Trinajstić information content (AvgIpc) is 2.86. The second-order valence-corrected chi connectivity index (χ2v) is 6.80. The van der Waals surface area contributed by atoms with Crippen LogP contribution in [-0.4, -0.2) is 28.2 Å². The predicted molar refractivity (Wildman–Crippen MR) is 102 cm³/mol. The van der Waals surface area contributed by atoms with Crippen LogP contribution in [0.5, 0.6) is 0 Å². The lowest BCUT2D eigenvalue weighted by Crippen LogP contribution is -2.35. The number of rotatable bonds is 6. The van der Waals surface area contributed by atoms with Crippen molar-refractivity contribution in [3.05, 3.63) is 75.7 Å². The Bertz CT molecular complexity index is 983. The first-order valence-corrected chi connectivity index (χ1v) is 8.66. The number of carbonyl (C=O) groups is 2. The van der Waals surface area contributed by atoms with Crippen molar-refractivity contribution in [1.82, 2.24) is 4.90 Å². The van der Waals surface area contributed by atoms with Crippen molar-refractivity contribution in [2.75, 3.05) is 11.9 Å². The van der Waals surface area contributed by atoms with Crippen molar-refractivity contribution < 1.29 is 18.9 Å². The van der Waals surface area contributed by atoms with Gasteiger partial charge < -0.3 is 5.32 Å². The topological polar surface area (TPSA) is 92.6 Å². The van der Waals surface area contributed by atoms with E-state index in [0.29, 0.717) is 11.3 Å². The molecule has 1 aliphatic rings. The fraction of sp³-hybridized carbons (Fsp3) is 0.200. The van der Waals surface area contributed by atoms with Gasteiger partial charge in [-0.05, 0) is 41.8 Å². The van der Waals surface area contributed by atoms with E-state index in [2.05, 4.69) is 5.32 Å². The highest BCUT2D eigenvalue weighted by atomic mass is 19.1. The van der Waals surface area contributed by atoms with Gasteiger partial charge in [0.15, 0.2) is 0 Å². The molecule has 0 aromatic heterocycles. The van der Waals surface area contributed by atoms with Crippen LogP contribution < -0.4 is 5.32 Å². The van der Waals surface area contributed by atoms with E-state index >= 15 is 0 Å². The molecule has 0 bridgehead atoms. The van der Waals surface area contributed by atoms with Gasteiger partial charge in [0.2, 0.25) is 0 Å². The molecule has 0 saturated heterocycles. The number of benzene rings is 2. The van der Waals surface area contributed by atoms with Crippen molar-refractivity contribution in [2.45, 2.75) is 13.8 Å². The number of nitro benzene ring substituents is 1. The summed E-state index contributed by atoms with van der Waals surface area (Å²) in [5, 5.41) is 13.7. The lowest BCUT2D eigenvalue weighted by atomic mass is 10.0. The van der Waals surface area contributed by atoms with Gasteiger partial charge in [0, 0.05) is 24.4 Å². The molecule has 0 aliphatic carbocycles. The minimum absolute atomic E-state index is 0.0186. The molecule has 2 aromatic carbocycles. The molecule has 1 N–H and O–H groups in total. The molecule has 0 atom stereocenters. The summed E-state index contributed by atoms with van der Waals surface area (Å²) in [5.41, 5.74) is 0.686. The predicted octanol–water partition coefficient (Wildman–Crippen LogP) is 3.58. The summed E-state index contributed by atoms with van der Waals surface area (Å²) in [4.78, 5) is 37.3. The van der Waals surface area contributed by atoms with Crippen LogP contribution in [0.25, 0.3) is 5.57 Å². The lowest BCUT2D eigenvalue weighted by Gasteiger charge is -2.17. The second kappa shape index (κ2) is 7.59. The molecule has 0 unspecified atom stereocenters. The molecule has 3 rings (SSSR count).